The first-order chi connectivity index (χ1) is 11.1. The van der Waals surface area contributed by atoms with Crippen LogP contribution in [0.5, 0.6) is 0 Å². The summed E-state index contributed by atoms with van der Waals surface area (Å²) in [4.78, 5) is 23.6. The van der Waals surface area contributed by atoms with E-state index in [9.17, 15) is 14.0 Å². The second-order valence-corrected chi connectivity index (χ2v) is 4.99. The highest BCUT2D eigenvalue weighted by Gasteiger charge is 2.10. The summed E-state index contributed by atoms with van der Waals surface area (Å²) < 4.78 is 20.5. The van der Waals surface area contributed by atoms with Crippen LogP contribution < -0.4 is 5.56 Å². The highest BCUT2D eigenvalue weighted by molar-refractivity contribution is 5.69. The minimum Gasteiger partial charge on any atom is -0.469 e. The number of fused-ring (bicyclic) bond motifs is 1. The van der Waals surface area contributed by atoms with Crippen LogP contribution in [0.25, 0.3) is 16.8 Å². The third kappa shape index (κ3) is 2.98. The normalized spacial score (nSPS) is 10.9. The number of esters is 1. The van der Waals surface area contributed by atoms with Crippen molar-refractivity contribution >= 4 is 11.5 Å². The van der Waals surface area contributed by atoms with Gasteiger partial charge in [0.2, 0.25) is 0 Å². The van der Waals surface area contributed by atoms with Gasteiger partial charge >= 0.3 is 5.97 Å². The summed E-state index contributed by atoms with van der Waals surface area (Å²) in [6.07, 6.45) is 3.33. The van der Waals surface area contributed by atoms with Gasteiger partial charge in [0, 0.05) is 24.5 Å². The van der Waals surface area contributed by atoms with E-state index in [2.05, 4.69) is 9.84 Å². The van der Waals surface area contributed by atoms with E-state index in [1.54, 1.807) is 30.6 Å². The average Bonchev–Trinajstić information content (AvgIpc) is 2.99. The fourth-order valence-corrected chi connectivity index (χ4v) is 2.28. The quantitative estimate of drug-likeness (QED) is 0.689. The average molecular weight is 315 g/mol. The molecule has 2 heterocycles. The van der Waals surface area contributed by atoms with Gasteiger partial charge in [0.1, 0.15) is 11.3 Å². The number of hydrogen-bond donors (Lipinski definition) is 0. The molecule has 0 spiro atoms. The van der Waals surface area contributed by atoms with Gasteiger partial charge in [-0.15, -0.1) is 0 Å². The van der Waals surface area contributed by atoms with Gasteiger partial charge in [0.25, 0.3) is 5.56 Å². The number of methoxy groups -OCH3 is 1. The van der Waals surface area contributed by atoms with Crippen molar-refractivity contribution in [2.24, 2.45) is 0 Å². The van der Waals surface area contributed by atoms with Gasteiger partial charge in [0.05, 0.1) is 19.2 Å². The number of ether oxygens (including phenoxy) is 1. The molecule has 0 saturated heterocycles. The standard InChI is InChI=1S/C16H14FN3O3/c1-23-15(21)6-7-19-8-9-20-14(16(19)22)10-13(18-20)11-2-4-12(17)5-3-11/h2-5,8-10H,6-7H2,1H3. The third-order valence-corrected chi connectivity index (χ3v) is 3.53. The van der Waals surface area contributed by atoms with E-state index in [4.69, 9.17) is 0 Å². The van der Waals surface area contributed by atoms with Crippen LogP contribution in [0.2, 0.25) is 0 Å². The molecule has 0 fully saturated rings. The first kappa shape index (κ1) is 15.0. The number of nitrogens with zero attached hydrogens (tertiary/aromatic N) is 3. The minimum absolute atomic E-state index is 0.117. The highest BCUT2D eigenvalue weighted by Crippen LogP contribution is 2.18. The van der Waals surface area contributed by atoms with Crippen LogP contribution >= 0.6 is 0 Å². The lowest BCUT2D eigenvalue weighted by Crippen LogP contribution is -2.22. The molecule has 0 bridgehead atoms. The fraction of sp³-hybridized carbons (Fsp3) is 0.188. The van der Waals surface area contributed by atoms with Gasteiger partial charge in [-0.3, -0.25) is 9.59 Å². The number of benzene rings is 1. The summed E-state index contributed by atoms with van der Waals surface area (Å²) in [7, 11) is 1.31. The molecule has 3 aromatic rings. The minimum atomic E-state index is -0.378. The summed E-state index contributed by atoms with van der Waals surface area (Å²) in [5.41, 5.74) is 1.43. The third-order valence-electron chi connectivity index (χ3n) is 3.53. The van der Waals surface area contributed by atoms with Crippen molar-refractivity contribution in [2.75, 3.05) is 7.11 Å². The summed E-state index contributed by atoms with van der Waals surface area (Å²) in [6.45, 7) is 0.235. The molecule has 0 aliphatic rings. The van der Waals surface area contributed by atoms with E-state index in [1.165, 1.54) is 28.3 Å². The molecular weight excluding hydrogens is 301 g/mol. The predicted octanol–water partition coefficient (Wildman–Crippen LogP) is 1.87. The van der Waals surface area contributed by atoms with Crippen molar-refractivity contribution in [1.82, 2.24) is 14.2 Å². The van der Waals surface area contributed by atoms with Crippen LogP contribution in [0, 0.1) is 5.82 Å². The van der Waals surface area contributed by atoms with E-state index in [1.807, 2.05) is 0 Å². The van der Waals surface area contributed by atoms with Gasteiger partial charge in [-0.25, -0.2) is 8.91 Å². The molecule has 0 amide bonds. The molecule has 3 rings (SSSR count). The maximum absolute atomic E-state index is 13.0. The van der Waals surface area contributed by atoms with Crippen LogP contribution in [0.3, 0.4) is 0 Å². The summed E-state index contributed by atoms with van der Waals surface area (Å²) in [5.74, 6) is -0.708. The van der Waals surface area contributed by atoms with Gasteiger partial charge in [-0.05, 0) is 30.3 Å². The Morgan fingerprint density at radius 2 is 2.00 bits per heavy atom. The second kappa shape index (κ2) is 6.04. The van der Waals surface area contributed by atoms with Crippen LogP contribution in [-0.2, 0) is 16.1 Å². The molecule has 0 aliphatic carbocycles. The van der Waals surface area contributed by atoms with E-state index in [-0.39, 0.29) is 30.3 Å². The Hall–Kier alpha value is -2.96. The molecule has 0 N–H and O–H groups in total. The molecule has 1 aromatic carbocycles. The molecule has 118 valence electrons. The van der Waals surface area contributed by atoms with Crippen LogP contribution in [0.1, 0.15) is 6.42 Å². The zero-order chi connectivity index (χ0) is 16.4. The Bertz CT molecular complexity index is 912. The number of rotatable bonds is 4. The van der Waals surface area contributed by atoms with Gasteiger partial charge in [-0.2, -0.15) is 5.10 Å². The van der Waals surface area contributed by atoms with E-state index >= 15 is 0 Å². The zero-order valence-corrected chi connectivity index (χ0v) is 12.4. The van der Waals surface area contributed by atoms with Crippen molar-refractivity contribution < 1.29 is 13.9 Å². The molecular formula is C16H14FN3O3. The summed E-state index contributed by atoms with van der Waals surface area (Å²) >= 11 is 0. The van der Waals surface area contributed by atoms with Crippen molar-refractivity contribution in [3.05, 3.63) is 58.9 Å². The van der Waals surface area contributed by atoms with E-state index in [0.29, 0.717) is 11.2 Å². The molecule has 0 saturated carbocycles. The number of halogens is 1. The topological polar surface area (TPSA) is 65.6 Å². The molecule has 23 heavy (non-hydrogen) atoms. The van der Waals surface area contributed by atoms with Crippen molar-refractivity contribution in [1.29, 1.82) is 0 Å². The Morgan fingerprint density at radius 3 is 2.70 bits per heavy atom. The lowest BCUT2D eigenvalue weighted by Gasteiger charge is -2.04. The Kier molecular flexibility index (Phi) is 3.92. The molecule has 7 heteroatoms. The van der Waals surface area contributed by atoms with Crippen LogP contribution in [0.4, 0.5) is 4.39 Å². The summed E-state index contributed by atoms with van der Waals surface area (Å²) in [5, 5.41) is 4.32. The van der Waals surface area contributed by atoms with E-state index < -0.39 is 0 Å². The smallest absolute Gasteiger partial charge is 0.307 e. The van der Waals surface area contributed by atoms with Gasteiger partial charge < -0.3 is 9.30 Å². The number of aryl methyl sites for hydroxylation is 1. The number of carbonyl (C=O) groups is 1. The lowest BCUT2D eigenvalue weighted by molar-refractivity contribution is -0.140. The first-order valence-corrected chi connectivity index (χ1v) is 7.00. The predicted molar refractivity (Wildman–Crippen MR) is 81.5 cm³/mol. The molecule has 6 nitrogen and oxygen atoms in total. The van der Waals surface area contributed by atoms with Crippen LogP contribution in [-0.4, -0.2) is 27.3 Å². The maximum Gasteiger partial charge on any atom is 0.307 e. The van der Waals surface area contributed by atoms with E-state index in [0.717, 1.165) is 5.56 Å². The summed E-state index contributed by atoms with van der Waals surface area (Å²) in [6, 6.07) is 7.53. The van der Waals surface area contributed by atoms with Crippen LogP contribution in [0.15, 0.2) is 47.5 Å². The second-order valence-electron chi connectivity index (χ2n) is 4.99. The first-order valence-electron chi connectivity index (χ1n) is 7.00. The molecule has 0 aliphatic heterocycles. The highest BCUT2D eigenvalue weighted by atomic mass is 19.1. The molecule has 0 radical (unpaired) electrons. The van der Waals surface area contributed by atoms with Crippen molar-refractivity contribution in [2.45, 2.75) is 13.0 Å². The zero-order valence-electron chi connectivity index (χ0n) is 12.4. The largest absolute Gasteiger partial charge is 0.469 e. The lowest BCUT2D eigenvalue weighted by atomic mass is 10.1. The van der Waals surface area contributed by atoms with Crippen molar-refractivity contribution in [3.8, 4) is 11.3 Å². The Morgan fingerprint density at radius 1 is 1.26 bits per heavy atom. The molecule has 2 aromatic heterocycles. The van der Waals surface area contributed by atoms with Gasteiger partial charge in [0.15, 0.2) is 0 Å². The Labute approximate surface area is 130 Å². The molecule has 0 atom stereocenters. The van der Waals surface area contributed by atoms with Crippen molar-refractivity contribution in [3.63, 3.8) is 0 Å². The van der Waals surface area contributed by atoms with Gasteiger partial charge in [-0.1, -0.05) is 0 Å². The number of aromatic nitrogens is 3. The number of carbonyl (C=O) groups excluding carboxylic acids is 1. The molecule has 0 unspecified atom stereocenters. The Balaban J connectivity index is 1.97. The number of hydrogen-bond acceptors (Lipinski definition) is 4. The monoisotopic (exact) mass is 315 g/mol. The maximum atomic E-state index is 13.0. The SMILES string of the molecule is COC(=O)CCn1ccn2nc(-c3ccc(F)cc3)cc2c1=O. The fourth-order valence-electron chi connectivity index (χ4n) is 2.28.